The maximum Gasteiger partial charge on any atom is 0.135 e. The fraction of sp³-hybridized carbons (Fsp3) is 0.265. The minimum Gasteiger partial charge on any atom is -0.509 e. The van der Waals surface area contributed by atoms with Gasteiger partial charge in [-0.3, -0.25) is 0 Å². The van der Waals surface area contributed by atoms with Gasteiger partial charge in [-0.05, 0) is 91.5 Å². The van der Waals surface area contributed by atoms with Crippen molar-refractivity contribution in [2.75, 3.05) is 9.80 Å². The summed E-state index contributed by atoms with van der Waals surface area (Å²) in [6.45, 7) is 31.9. The number of hydrogen-bond acceptors (Lipinski definition) is 4. The standard InChI is InChI=1S/C68H69N4O.Pt/c1-64(2,3)51-35-47(46-25-17-14-18-26-46)36-54(38-51)71-45-70(44-61(71)66(7,8)9)53-37-52(65(4,5)6)39-55(41-53)73-56-42-58(68(12,13)49-29-21-16-22-30-49)63-57-31-23-24-32-59(57)72(60(63)43-56)62-40-50(33-34-69-62)67(10,11)48-27-19-15-20-28-48;/h14-40,42,44-45H,1-13H3;/q-3;. The topological polar surface area (TPSA) is 33.5 Å². The molecule has 0 spiro atoms. The largest absolute Gasteiger partial charge is 0.509 e. The SMILES string of the molecule is CC(C)(C)C1=CN(c2[c-]c(Oc3[c-]c4c(c(C(C)(C)c5ccccc5)c3)c3ccccc3n4-c3cc(C(C)(C)c4ccccc4)ccn3)cc(C(C)(C)C)c2)[CH-]N1c1cc(-c2ccccc2)cc(C(C)(C)C)c1.[Pt]. The third kappa shape index (κ3) is 10.0. The molecule has 0 saturated heterocycles. The third-order valence-electron chi connectivity index (χ3n) is 14.9. The Labute approximate surface area is 455 Å². The number of nitrogens with zero attached hydrogens (tertiary/aromatic N) is 4. The molecule has 9 aromatic rings. The number of pyridine rings is 1. The van der Waals surface area contributed by atoms with Crippen molar-refractivity contribution in [2.24, 2.45) is 5.41 Å². The molecule has 0 N–H and O–H groups in total. The molecular formula is C68H69N4OPt-3. The molecule has 2 aromatic heterocycles. The van der Waals surface area contributed by atoms with E-state index in [1.807, 2.05) is 6.20 Å². The van der Waals surface area contributed by atoms with Gasteiger partial charge in [0.2, 0.25) is 0 Å². The summed E-state index contributed by atoms with van der Waals surface area (Å²) in [6.07, 6.45) is 4.21. The first-order chi connectivity index (χ1) is 34.6. The van der Waals surface area contributed by atoms with E-state index in [2.05, 4.69) is 293 Å². The van der Waals surface area contributed by atoms with Crippen molar-refractivity contribution in [3.8, 4) is 28.4 Å². The number of rotatable bonds is 10. The molecule has 10 rings (SSSR count). The molecule has 0 radical (unpaired) electrons. The molecule has 5 nitrogen and oxygen atoms in total. The Morgan fingerprint density at radius 3 is 1.72 bits per heavy atom. The van der Waals surface area contributed by atoms with Gasteiger partial charge in [0, 0.05) is 66.5 Å². The maximum absolute atomic E-state index is 7.22. The summed E-state index contributed by atoms with van der Waals surface area (Å²) in [5.74, 6) is 2.05. The molecule has 380 valence electrons. The molecule has 1 aliphatic rings. The normalized spacial score (nSPS) is 13.6. The smallest absolute Gasteiger partial charge is 0.135 e. The number of allylic oxidation sites excluding steroid dienone is 1. The van der Waals surface area contributed by atoms with Crippen molar-refractivity contribution in [1.29, 1.82) is 0 Å². The van der Waals surface area contributed by atoms with Crippen molar-refractivity contribution in [1.82, 2.24) is 9.55 Å². The summed E-state index contributed by atoms with van der Waals surface area (Å²) in [4.78, 5) is 9.70. The maximum atomic E-state index is 7.22. The number of para-hydroxylation sites is 1. The Balaban J connectivity index is 0.00000672. The van der Waals surface area contributed by atoms with Gasteiger partial charge in [-0.1, -0.05) is 216 Å². The molecule has 0 unspecified atom stereocenters. The van der Waals surface area contributed by atoms with Crippen LogP contribution in [0.1, 0.15) is 123 Å². The molecule has 0 aliphatic carbocycles. The van der Waals surface area contributed by atoms with E-state index in [4.69, 9.17) is 9.72 Å². The van der Waals surface area contributed by atoms with Gasteiger partial charge >= 0.3 is 0 Å². The first kappa shape index (κ1) is 52.2. The van der Waals surface area contributed by atoms with E-state index < -0.39 is 5.41 Å². The van der Waals surface area contributed by atoms with Crippen molar-refractivity contribution in [2.45, 2.75) is 112 Å². The van der Waals surface area contributed by atoms with Crippen LogP contribution in [0.25, 0.3) is 38.8 Å². The van der Waals surface area contributed by atoms with E-state index in [1.165, 1.54) is 39.1 Å². The van der Waals surface area contributed by atoms with Crippen LogP contribution in [-0.2, 0) is 42.7 Å². The summed E-state index contributed by atoms with van der Waals surface area (Å²) < 4.78 is 9.50. The average molecular weight is 1150 g/mol. The van der Waals surface area contributed by atoms with Crippen LogP contribution >= 0.6 is 0 Å². The molecule has 3 heterocycles. The predicted octanol–water partition coefficient (Wildman–Crippen LogP) is 17.8. The minimum atomic E-state index is -0.429. The Morgan fingerprint density at radius 2 is 1.08 bits per heavy atom. The molecule has 0 bridgehead atoms. The molecule has 74 heavy (non-hydrogen) atoms. The Hall–Kier alpha value is -6.68. The summed E-state index contributed by atoms with van der Waals surface area (Å²) in [6, 6.07) is 66.5. The van der Waals surface area contributed by atoms with E-state index >= 15 is 0 Å². The monoisotopic (exact) mass is 1150 g/mol. The Kier molecular flexibility index (Phi) is 13.8. The third-order valence-corrected chi connectivity index (χ3v) is 14.9. The van der Waals surface area contributed by atoms with E-state index in [9.17, 15) is 0 Å². The molecular weight excluding hydrogens is 1080 g/mol. The quantitative estimate of drug-likeness (QED) is 0.128. The van der Waals surface area contributed by atoms with E-state index in [-0.39, 0.29) is 42.7 Å². The van der Waals surface area contributed by atoms with Gasteiger partial charge in [-0.2, -0.15) is 0 Å². The fourth-order valence-electron chi connectivity index (χ4n) is 10.3. The zero-order chi connectivity index (χ0) is 51.7. The van der Waals surface area contributed by atoms with Gasteiger partial charge in [-0.25, -0.2) is 4.98 Å². The van der Waals surface area contributed by atoms with E-state index in [0.717, 1.165) is 50.1 Å². The molecule has 1 aliphatic heterocycles. The number of hydrogen-bond donors (Lipinski definition) is 0. The van der Waals surface area contributed by atoms with Crippen LogP contribution in [0, 0.1) is 24.2 Å². The van der Waals surface area contributed by atoms with Crippen LogP contribution in [0.4, 0.5) is 11.4 Å². The first-order valence-corrected chi connectivity index (χ1v) is 25.8. The Bertz CT molecular complexity index is 3510. The van der Waals surface area contributed by atoms with Crippen molar-refractivity contribution >= 4 is 33.2 Å². The predicted molar refractivity (Wildman–Crippen MR) is 306 cm³/mol. The van der Waals surface area contributed by atoms with Crippen LogP contribution < -0.4 is 14.5 Å². The van der Waals surface area contributed by atoms with Crippen LogP contribution in [0.15, 0.2) is 182 Å². The van der Waals surface area contributed by atoms with Crippen molar-refractivity contribution < 1.29 is 25.8 Å². The van der Waals surface area contributed by atoms with Gasteiger partial charge in [-0.15, -0.1) is 53.8 Å². The Morgan fingerprint density at radius 1 is 0.500 bits per heavy atom. The van der Waals surface area contributed by atoms with E-state index in [1.54, 1.807) is 0 Å². The number of ether oxygens (including phenoxy) is 1. The summed E-state index contributed by atoms with van der Waals surface area (Å²) in [5, 5.41) is 2.26. The second-order valence-corrected chi connectivity index (χ2v) is 24.0. The number of anilines is 2. The summed E-state index contributed by atoms with van der Waals surface area (Å²) >= 11 is 0. The number of benzene rings is 7. The van der Waals surface area contributed by atoms with Gasteiger partial charge in [0.15, 0.2) is 0 Å². The van der Waals surface area contributed by atoms with Crippen molar-refractivity contribution in [3.05, 3.63) is 234 Å². The zero-order valence-corrected chi connectivity index (χ0v) is 47.6. The van der Waals surface area contributed by atoms with Crippen LogP contribution in [0.5, 0.6) is 11.5 Å². The fourth-order valence-corrected chi connectivity index (χ4v) is 10.3. The number of fused-ring (bicyclic) bond motifs is 3. The van der Waals surface area contributed by atoms with E-state index in [0.29, 0.717) is 11.5 Å². The zero-order valence-electron chi connectivity index (χ0n) is 45.3. The van der Waals surface area contributed by atoms with Gasteiger partial charge in [0.1, 0.15) is 5.82 Å². The number of aromatic nitrogens is 2. The molecule has 0 saturated carbocycles. The van der Waals surface area contributed by atoms with Crippen molar-refractivity contribution in [3.63, 3.8) is 0 Å². The second kappa shape index (κ2) is 19.5. The molecule has 7 aromatic carbocycles. The summed E-state index contributed by atoms with van der Waals surface area (Å²) in [5.41, 5.74) is 13.6. The van der Waals surface area contributed by atoms with Crippen LogP contribution in [0.3, 0.4) is 0 Å². The molecule has 0 atom stereocenters. The van der Waals surface area contributed by atoms with Gasteiger partial charge < -0.3 is 19.1 Å². The summed E-state index contributed by atoms with van der Waals surface area (Å²) in [7, 11) is 0. The average Bonchev–Trinajstić information content (AvgIpc) is 3.98. The van der Waals surface area contributed by atoms with Gasteiger partial charge in [0.25, 0.3) is 0 Å². The molecule has 6 heteroatoms. The minimum absolute atomic E-state index is 0. The molecule has 0 amide bonds. The second-order valence-electron chi connectivity index (χ2n) is 24.0. The van der Waals surface area contributed by atoms with Crippen LogP contribution in [-0.4, -0.2) is 9.55 Å². The molecule has 0 fully saturated rings. The van der Waals surface area contributed by atoms with Gasteiger partial charge in [0.05, 0.1) is 0 Å². The van der Waals surface area contributed by atoms with Crippen LogP contribution in [0.2, 0.25) is 0 Å². The first-order valence-electron chi connectivity index (χ1n) is 25.8.